The van der Waals surface area contributed by atoms with Crippen LogP contribution in [-0.4, -0.2) is 61.2 Å². The predicted octanol–water partition coefficient (Wildman–Crippen LogP) is 2.61. The maximum absolute atomic E-state index is 13.2. The molecule has 2 heterocycles. The number of esters is 4. The third kappa shape index (κ3) is 6.81. The molecule has 0 N–H and O–H groups in total. The Morgan fingerprint density at radius 2 is 1.69 bits per heavy atom. The fraction of sp³-hybridized carbons (Fsp3) is 0.560. The van der Waals surface area contributed by atoms with Crippen LogP contribution in [-0.2, 0) is 38.1 Å². The number of rotatable bonds is 4. The Morgan fingerprint density at radius 3 is 2.31 bits per heavy atom. The number of ether oxygens (including phenoxy) is 6. The average molecular weight is 507 g/mol. The van der Waals surface area contributed by atoms with Gasteiger partial charge in [0.05, 0.1) is 19.3 Å². The number of fused-ring (bicyclic) bond motifs is 3. The smallest absolute Gasteiger partial charge is 0.342 e. The van der Waals surface area contributed by atoms with E-state index in [0.29, 0.717) is 24.2 Å². The second-order valence-corrected chi connectivity index (χ2v) is 8.77. The lowest BCUT2D eigenvalue weighted by Crippen LogP contribution is -2.41. The summed E-state index contributed by atoms with van der Waals surface area (Å²) in [5, 5.41) is 0. The van der Waals surface area contributed by atoms with E-state index in [1.807, 2.05) is 0 Å². The van der Waals surface area contributed by atoms with Crippen LogP contribution in [0.4, 0.5) is 0 Å². The van der Waals surface area contributed by atoms with Gasteiger partial charge in [0.15, 0.2) is 11.9 Å². The van der Waals surface area contributed by atoms with E-state index in [1.165, 1.54) is 33.9 Å². The predicted molar refractivity (Wildman–Crippen MR) is 121 cm³/mol. The Morgan fingerprint density at radius 1 is 1.00 bits per heavy atom. The molecule has 3 rings (SSSR count). The Balaban J connectivity index is 2.06. The third-order valence-electron chi connectivity index (χ3n) is 5.76. The quantitative estimate of drug-likeness (QED) is 0.257. The number of Topliss-reactive ketones (excluding diaryl/α,β-unsaturated/α-hetero) is 1. The minimum Gasteiger partial charge on any atom is -0.497 e. The lowest BCUT2D eigenvalue weighted by molar-refractivity contribution is -0.170. The summed E-state index contributed by atoms with van der Waals surface area (Å²) in [4.78, 5) is 61.5. The Labute approximate surface area is 208 Å². The number of hydrogen-bond donors (Lipinski definition) is 0. The van der Waals surface area contributed by atoms with Crippen LogP contribution in [0.2, 0.25) is 0 Å². The van der Waals surface area contributed by atoms with E-state index in [1.54, 1.807) is 13.0 Å². The molecule has 1 aromatic carbocycles. The van der Waals surface area contributed by atoms with Gasteiger partial charge in [-0.1, -0.05) is 0 Å². The molecule has 2 aliphatic heterocycles. The van der Waals surface area contributed by atoms with E-state index in [0.717, 1.165) is 0 Å². The van der Waals surface area contributed by atoms with E-state index >= 15 is 0 Å². The van der Waals surface area contributed by atoms with Crippen molar-refractivity contribution >= 4 is 29.7 Å². The number of hydrogen-bond acceptors (Lipinski definition) is 11. The van der Waals surface area contributed by atoms with Gasteiger partial charge >= 0.3 is 23.9 Å². The molecule has 0 saturated carbocycles. The zero-order valence-corrected chi connectivity index (χ0v) is 20.9. The highest BCUT2D eigenvalue weighted by Gasteiger charge is 2.48. The average Bonchev–Trinajstić information content (AvgIpc) is 3.53. The monoisotopic (exact) mass is 506 g/mol. The molecule has 0 aromatic heterocycles. The van der Waals surface area contributed by atoms with Crippen molar-refractivity contribution in [3.8, 4) is 11.5 Å². The van der Waals surface area contributed by atoms with E-state index in [9.17, 15) is 24.0 Å². The van der Waals surface area contributed by atoms with Crippen LogP contribution in [0.1, 0.15) is 75.4 Å². The molecule has 5 atom stereocenters. The fourth-order valence-corrected chi connectivity index (χ4v) is 4.21. The lowest BCUT2D eigenvalue weighted by atomic mass is 9.95. The number of methoxy groups -OCH3 is 1. The van der Waals surface area contributed by atoms with Gasteiger partial charge in [-0.05, 0) is 25.8 Å². The molecule has 1 saturated heterocycles. The summed E-state index contributed by atoms with van der Waals surface area (Å²) in [5.74, 6) is -2.85. The minimum atomic E-state index is -1.31. The highest BCUT2D eigenvalue weighted by atomic mass is 16.6. The lowest BCUT2D eigenvalue weighted by Gasteiger charge is -2.25. The number of epoxide rings is 1. The molecule has 0 bridgehead atoms. The molecular weight excluding hydrogens is 476 g/mol. The zero-order chi connectivity index (χ0) is 26.6. The van der Waals surface area contributed by atoms with Gasteiger partial charge in [-0.15, -0.1) is 0 Å². The van der Waals surface area contributed by atoms with Crippen LogP contribution in [0, 0.1) is 0 Å². The first-order chi connectivity index (χ1) is 17.0. The van der Waals surface area contributed by atoms with Crippen molar-refractivity contribution in [1.82, 2.24) is 0 Å². The van der Waals surface area contributed by atoms with Crippen molar-refractivity contribution in [2.45, 2.75) is 83.9 Å². The van der Waals surface area contributed by atoms with Crippen LogP contribution >= 0.6 is 0 Å². The molecule has 2 aliphatic rings. The number of cyclic esters (lactones) is 1. The molecule has 0 aliphatic carbocycles. The van der Waals surface area contributed by atoms with E-state index in [4.69, 9.17) is 28.4 Å². The Hall–Kier alpha value is -3.47. The van der Waals surface area contributed by atoms with Gasteiger partial charge in [0, 0.05) is 45.2 Å². The Kier molecular flexibility index (Phi) is 8.67. The summed E-state index contributed by atoms with van der Waals surface area (Å²) < 4.78 is 32.7. The van der Waals surface area contributed by atoms with Crippen molar-refractivity contribution in [1.29, 1.82) is 0 Å². The third-order valence-corrected chi connectivity index (χ3v) is 5.76. The van der Waals surface area contributed by atoms with Gasteiger partial charge in [-0.3, -0.25) is 19.2 Å². The first-order valence-electron chi connectivity index (χ1n) is 11.6. The molecule has 36 heavy (non-hydrogen) atoms. The van der Waals surface area contributed by atoms with Gasteiger partial charge in [-0.2, -0.15) is 0 Å². The zero-order valence-electron chi connectivity index (χ0n) is 20.9. The van der Waals surface area contributed by atoms with Crippen LogP contribution < -0.4 is 9.47 Å². The number of carbonyl (C=O) groups is 5. The van der Waals surface area contributed by atoms with Crippen LogP contribution in [0.25, 0.3) is 0 Å². The molecule has 1 aromatic rings. The summed E-state index contributed by atoms with van der Waals surface area (Å²) in [7, 11) is 1.42. The molecule has 196 valence electrons. The summed E-state index contributed by atoms with van der Waals surface area (Å²) in [5.41, 5.74) is 0.362. The van der Waals surface area contributed by atoms with Gasteiger partial charge in [0.25, 0.3) is 0 Å². The van der Waals surface area contributed by atoms with Gasteiger partial charge in [0.2, 0.25) is 0 Å². The summed E-state index contributed by atoms with van der Waals surface area (Å²) >= 11 is 0. The van der Waals surface area contributed by atoms with Gasteiger partial charge in [0.1, 0.15) is 29.3 Å². The highest BCUT2D eigenvalue weighted by molar-refractivity contribution is 5.96. The van der Waals surface area contributed by atoms with E-state index in [2.05, 4.69) is 0 Å². The number of benzene rings is 1. The molecule has 11 nitrogen and oxygen atoms in total. The van der Waals surface area contributed by atoms with Crippen molar-refractivity contribution in [2.24, 2.45) is 0 Å². The maximum atomic E-state index is 13.2. The molecule has 0 radical (unpaired) electrons. The number of ketones is 1. The first-order valence-corrected chi connectivity index (χ1v) is 11.6. The van der Waals surface area contributed by atoms with Crippen LogP contribution in [0.3, 0.4) is 0 Å². The summed E-state index contributed by atoms with van der Waals surface area (Å²) in [6.45, 7) is 5.23. The SMILES string of the molecule is COc1cc(OC(C)=O)c2c(c1)C1OC1CC(OC(C)=O)C(OC(C)=O)C(=O)CCCC(C)OC2=O. The fourth-order valence-electron chi connectivity index (χ4n) is 4.21. The van der Waals surface area contributed by atoms with Gasteiger partial charge in [-0.25, -0.2) is 4.79 Å². The molecule has 1 fully saturated rings. The summed E-state index contributed by atoms with van der Waals surface area (Å²) in [6, 6.07) is 2.98. The van der Waals surface area contributed by atoms with Crippen LogP contribution in [0.15, 0.2) is 12.1 Å². The molecule has 0 amide bonds. The van der Waals surface area contributed by atoms with E-state index < -0.39 is 60.2 Å². The Bertz CT molecular complexity index is 1050. The highest BCUT2D eigenvalue weighted by Crippen LogP contribution is 2.47. The van der Waals surface area contributed by atoms with Gasteiger partial charge < -0.3 is 28.4 Å². The largest absolute Gasteiger partial charge is 0.497 e. The second-order valence-electron chi connectivity index (χ2n) is 8.77. The summed E-state index contributed by atoms with van der Waals surface area (Å²) in [6.07, 6.45) is -3.60. The second kappa shape index (κ2) is 11.5. The van der Waals surface area contributed by atoms with Crippen molar-refractivity contribution in [3.05, 3.63) is 23.3 Å². The van der Waals surface area contributed by atoms with Crippen molar-refractivity contribution < 1.29 is 52.4 Å². The molecule has 5 unspecified atom stereocenters. The maximum Gasteiger partial charge on any atom is 0.342 e. The molecular formula is C25H30O11. The number of carbonyl (C=O) groups excluding carboxylic acids is 5. The normalized spacial score (nSPS) is 26.3. The van der Waals surface area contributed by atoms with E-state index in [-0.39, 0.29) is 24.2 Å². The van der Waals surface area contributed by atoms with Crippen LogP contribution in [0.5, 0.6) is 11.5 Å². The standard InChI is InChI=1S/C25H30O11/c1-12-7-6-8-18(29)24(35-15(4)28)21(34-14(3)27)11-20-23(36-20)17-9-16(31-5)10-19(33-13(2)26)22(17)25(30)32-12/h9-10,12,20-21,23-24H,6-8,11H2,1-5H3. The first kappa shape index (κ1) is 27.1. The van der Waals surface area contributed by atoms with Crippen molar-refractivity contribution in [3.63, 3.8) is 0 Å². The topological polar surface area (TPSA) is 144 Å². The molecule has 11 heteroatoms. The van der Waals surface area contributed by atoms with Crippen molar-refractivity contribution in [2.75, 3.05) is 7.11 Å². The molecule has 0 spiro atoms. The minimum absolute atomic E-state index is 0.0128.